The third kappa shape index (κ3) is 4.59. The predicted octanol–water partition coefficient (Wildman–Crippen LogP) is 2.32. The number of hydrogen-bond donors (Lipinski definition) is 0. The molecule has 0 unspecified atom stereocenters. The van der Waals surface area contributed by atoms with E-state index in [1.807, 2.05) is 30.3 Å². The lowest BCUT2D eigenvalue weighted by Crippen LogP contribution is -2.11. The van der Waals surface area contributed by atoms with Crippen molar-refractivity contribution in [1.29, 1.82) is 0 Å². The van der Waals surface area contributed by atoms with Crippen molar-refractivity contribution in [3.8, 4) is 0 Å². The molecule has 1 rings (SSSR count). The van der Waals surface area contributed by atoms with E-state index in [0.717, 1.165) is 11.8 Å². The molecular weight excluding hydrogens is 224 g/mol. The van der Waals surface area contributed by atoms with Gasteiger partial charge < -0.3 is 0 Å². The van der Waals surface area contributed by atoms with Crippen molar-refractivity contribution in [2.24, 2.45) is 0 Å². The molecule has 0 heterocycles. The van der Waals surface area contributed by atoms with Crippen LogP contribution in [0.4, 0.5) is 0 Å². The maximum absolute atomic E-state index is 10.9. The Bertz CT molecular complexity index is 423. The highest BCUT2D eigenvalue weighted by molar-refractivity contribution is 7.85. The van der Waals surface area contributed by atoms with E-state index >= 15 is 0 Å². The molecule has 3 nitrogen and oxygen atoms in total. The van der Waals surface area contributed by atoms with E-state index in [2.05, 4.69) is 6.58 Å². The largest absolute Gasteiger partial charge is 0.270 e. The molecule has 1 aromatic rings. The van der Waals surface area contributed by atoms with Crippen molar-refractivity contribution in [3.63, 3.8) is 0 Å². The van der Waals surface area contributed by atoms with Crippen LogP contribution in [0.3, 0.4) is 0 Å². The van der Waals surface area contributed by atoms with Crippen LogP contribution in [-0.4, -0.2) is 21.3 Å². The maximum Gasteiger partial charge on any atom is 0.264 e. The zero-order valence-electron chi connectivity index (χ0n) is 9.30. The fourth-order valence-electron chi connectivity index (χ4n) is 1.43. The summed E-state index contributed by atoms with van der Waals surface area (Å²) >= 11 is 0. The molecule has 0 saturated carbocycles. The minimum absolute atomic E-state index is 0.0356. The topological polar surface area (TPSA) is 43.4 Å². The molecule has 0 spiro atoms. The highest BCUT2D eigenvalue weighted by Gasteiger charge is 2.13. The van der Waals surface area contributed by atoms with Gasteiger partial charge in [0, 0.05) is 5.92 Å². The van der Waals surface area contributed by atoms with Crippen molar-refractivity contribution >= 4 is 10.1 Å². The van der Waals surface area contributed by atoms with Crippen LogP contribution in [-0.2, 0) is 14.3 Å². The number of rotatable bonds is 6. The Morgan fingerprint density at radius 1 is 1.38 bits per heavy atom. The van der Waals surface area contributed by atoms with E-state index in [-0.39, 0.29) is 12.5 Å². The number of hydrogen-bond acceptors (Lipinski definition) is 3. The van der Waals surface area contributed by atoms with Gasteiger partial charge in [0.25, 0.3) is 10.1 Å². The Morgan fingerprint density at radius 3 is 2.50 bits per heavy atom. The maximum atomic E-state index is 10.9. The van der Waals surface area contributed by atoms with Crippen molar-refractivity contribution < 1.29 is 12.6 Å². The first-order chi connectivity index (χ1) is 7.53. The molecule has 0 fully saturated rings. The van der Waals surface area contributed by atoms with E-state index in [9.17, 15) is 8.42 Å². The van der Waals surface area contributed by atoms with Gasteiger partial charge in [0.15, 0.2) is 0 Å². The minimum Gasteiger partial charge on any atom is -0.270 e. The summed E-state index contributed by atoms with van der Waals surface area (Å²) in [6.45, 7) is 3.83. The van der Waals surface area contributed by atoms with Gasteiger partial charge in [0.1, 0.15) is 0 Å². The average molecular weight is 240 g/mol. The molecule has 0 aliphatic carbocycles. The Morgan fingerprint density at radius 2 is 2.00 bits per heavy atom. The van der Waals surface area contributed by atoms with Gasteiger partial charge in [-0.05, 0) is 12.0 Å². The molecule has 4 heteroatoms. The third-order valence-electron chi connectivity index (χ3n) is 2.21. The van der Waals surface area contributed by atoms with Gasteiger partial charge in [0.05, 0.1) is 12.9 Å². The smallest absolute Gasteiger partial charge is 0.264 e. The first-order valence-corrected chi connectivity index (χ1v) is 6.85. The zero-order valence-corrected chi connectivity index (χ0v) is 10.1. The summed E-state index contributed by atoms with van der Waals surface area (Å²) in [5.41, 5.74) is 1.06. The third-order valence-corrected chi connectivity index (χ3v) is 2.77. The van der Waals surface area contributed by atoms with Crippen LogP contribution in [0.15, 0.2) is 43.0 Å². The second-order valence-corrected chi connectivity index (χ2v) is 5.26. The van der Waals surface area contributed by atoms with Gasteiger partial charge in [-0.3, -0.25) is 4.18 Å². The van der Waals surface area contributed by atoms with Crippen LogP contribution < -0.4 is 0 Å². The van der Waals surface area contributed by atoms with Gasteiger partial charge >= 0.3 is 0 Å². The first-order valence-electron chi connectivity index (χ1n) is 5.03. The molecule has 16 heavy (non-hydrogen) atoms. The minimum atomic E-state index is -3.38. The quantitative estimate of drug-likeness (QED) is 0.566. The summed E-state index contributed by atoms with van der Waals surface area (Å²) in [7, 11) is -3.38. The Kier molecular flexibility index (Phi) is 4.71. The van der Waals surface area contributed by atoms with Crippen LogP contribution in [0.2, 0.25) is 0 Å². The van der Waals surface area contributed by atoms with Gasteiger partial charge in [0.2, 0.25) is 0 Å². The van der Waals surface area contributed by atoms with Crippen LogP contribution in [0.1, 0.15) is 17.9 Å². The molecule has 1 atom stereocenters. The number of benzene rings is 1. The highest BCUT2D eigenvalue weighted by atomic mass is 32.2. The molecule has 0 aliphatic rings. The highest BCUT2D eigenvalue weighted by Crippen LogP contribution is 2.20. The van der Waals surface area contributed by atoms with Gasteiger partial charge in [-0.1, -0.05) is 36.4 Å². The fourth-order valence-corrected chi connectivity index (χ4v) is 1.84. The van der Waals surface area contributed by atoms with E-state index < -0.39 is 10.1 Å². The fraction of sp³-hybridized carbons (Fsp3) is 0.333. The van der Waals surface area contributed by atoms with Crippen LogP contribution in [0, 0.1) is 0 Å². The lowest BCUT2D eigenvalue weighted by atomic mass is 9.97. The molecule has 88 valence electrons. The molecule has 0 bridgehead atoms. The summed E-state index contributed by atoms with van der Waals surface area (Å²) in [4.78, 5) is 0. The Labute approximate surface area is 96.9 Å². The molecule has 0 aromatic heterocycles. The predicted molar refractivity (Wildman–Crippen MR) is 64.8 cm³/mol. The Balaban J connectivity index is 2.72. The van der Waals surface area contributed by atoms with Crippen LogP contribution >= 0.6 is 0 Å². The summed E-state index contributed by atoms with van der Waals surface area (Å²) < 4.78 is 26.7. The lowest BCUT2D eigenvalue weighted by Gasteiger charge is -2.14. The van der Waals surface area contributed by atoms with E-state index in [1.54, 1.807) is 6.08 Å². The SMILES string of the molecule is C=CC[C@H](COS(C)(=O)=O)c1ccccc1. The van der Waals surface area contributed by atoms with Crippen molar-refractivity contribution in [3.05, 3.63) is 48.6 Å². The van der Waals surface area contributed by atoms with E-state index in [1.165, 1.54) is 0 Å². The van der Waals surface area contributed by atoms with E-state index in [0.29, 0.717) is 6.42 Å². The number of allylic oxidation sites excluding steroid dienone is 1. The average Bonchev–Trinajstić information content (AvgIpc) is 2.24. The summed E-state index contributed by atoms with van der Waals surface area (Å²) in [5.74, 6) is 0.0356. The first kappa shape index (κ1) is 12.9. The normalized spacial score (nSPS) is 13.3. The van der Waals surface area contributed by atoms with Crippen molar-refractivity contribution in [1.82, 2.24) is 0 Å². The molecule has 0 radical (unpaired) electrons. The molecule has 0 aliphatic heterocycles. The molecule has 0 N–H and O–H groups in total. The molecule has 1 aromatic carbocycles. The van der Waals surface area contributed by atoms with Gasteiger partial charge in [-0.25, -0.2) is 0 Å². The Hall–Kier alpha value is -1.13. The second-order valence-electron chi connectivity index (χ2n) is 3.62. The standard InChI is InChI=1S/C12H16O3S/c1-3-7-12(10-15-16(2,13)14)11-8-5-4-6-9-11/h3-6,8-9,12H,1,7,10H2,2H3/t12-/m1/s1. The van der Waals surface area contributed by atoms with E-state index in [4.69, 9.17) is 4.18 Å². The monoisotopic (exact) mass is 240 g/mol. The van der Waals surface area contributed by atoms with Crippen LogP contribution in [0.5, 0.6) is 0 Å². The van der Waals surface area contributed by atoms with Crippen molar-refractivity contribution in [2.75, 3.05) is 12.9 Å². The summed E-state index contributed by atoms with van der Waals surface area (Å²) in [6, 6.07) is 9.68. The molecular formula is C12H16O3S. The summed E-state index contributed by atoms with van der Waals surface area (Å²) in [6.07, 6.45) is 3.52. The molecule has 0 amide bonds. The van der Waals surface area contributed by atoms with Gasteiger partial charge in [-0.2, -0.15) is 8.42 Å². The summed E-state index contributed by atoms with van der Waals surface area (Å²) in [5, 5.41) is 0. The second kappa shape index (κ2) is 5.82. The zero-order chi connectivity index (χ0) is 12.0. The molecule has 0 saturated heterocycles. The lowest BCUT2D eigenvalue weighted by molar-refractivity contribution is 0.295. The van der Waals surface area contributed by atoms with Gasteiger partial charge in [-0.15, -0.1) is 6.58 Å². The van der Waals surface area contributed by atoms with Crippen molar-refractivity contribution in [2.45, 2.75) is 12.3 Å². The van der Waals surface area contributed by atoms with Crippen LogP contribution in [0.25, 0.3) is 0 Å².